The lowest BCUT2D eigenvalue weighted by Gasteiger charge is -2.01. The number of rotatable bonds is 7. The van der Waals surface area contributed by atoms with Crippen LogP contribution in [-0.2, 0) is 0 Å². The van der Waals surface area contributed by atoms with Gasteiger partial charge >= 0.3 is 0 Å². The van der Waals surface area contributed by atoms with Crippen LogP contribution in [0.25, 0.3) is 0 Å². The molecule has 0 saturated carbocycles. The molecule has 0 amide bonds. The first-order valence-electron chi connectivity index (χ1n) is 4.36. The van der Waals surface area contributed by atoms with Crippen molar-refractivity contribution in [1.29, 1.82) is 0 Å². The van der Waals surface area contributed by atoms with Gasteiger partial charge in [0, 0.05) is 18.8 Å². The molecule has 0 aromatic rings. The molecule has 0 spiro atoms. The molecule has 0 rings (SSSR count). The van der Waals surface area contributed by atoms with Gasteiger partial charge in [0.1, 0.15) is 0 Å². The highest BCUT2D eigenvalue weighted by Gasteiger charge is 1.87. The van der Waals surface area contributed by atoms with Crippen LogP contribution in [-0.4, -0.2) is 39.1 Å². The van der Waals surface area contributed by atoms with E-state index in [2.05, 4.69) is 15.6 Å². The zero-order valence-corrected chi connectivity index (χ0v) is 8.06. The fraction of sp³-hybridized carbons (Fsp3) is 0.875. The molecule has 0 heterocycles. The minimum atomic E-state index is 0.686. The maximum Gasteiger partial charge on any atom is 0.0884 e. The van der Waals surface area contributed by atoms with Crippen LogP contribution in [0.4, 0.5) is 0 Å². The number of hydrogen-bond acceptors (Lipinski definition) is 4. The Morgan fingerprint density at radius 2 is 2.17 bits per heavy atom. The topological polar surface area (TPSA) is 62.4 Å². The number of nitrogens with zero attached hydrogens (tertiary/aromatic N) is 1. The monoisotopic (exact) mass is 172 g/mol. The lowest BCUT2D eigenvalue weighted by molar-refractivity contribution is 0.661. The summed E-state index contributed by atoms with van der Waals surface area (Å²) < 4.78 is 0. The van der Waals surface area contributed by atoms with Gasteiger partial charge in [-0.2, -0.15) is 0 Å². The Bertz CT molecular complexity index is 122. The minimum Gasteiger partial charge on any atom is -0.330 e. The van der Waals surface area contributed by atoms with E-state index in [-0.39, 0.29) is 0 Å². The molecule has 4 nitrogen and oxygen atoms in total. The average molecular weight is 172 g/mol. The molecule has 12 heavy (non-hydrogen) atoms. The van der Waals surface area contributed by atoms with Crippen LogP contribution >= 0.6 is 0 Å². The number of hydrogen-bond donors (Lipinski definition) is 3. The summed E-state index contributed by atoms with van der Waals surface area (Å²) in [4.78, 5) is 4.28. The Morgan fingerprint density at radius 1 is 1.42 bits per heavy atom. The Balaban J connectivity index is 3.21. The average Bonchev–Trinajstić information content (AvgIpc) is 2.05. The van der Waals surface area contributed by atoms with E-state index in [1.807, 2.05) is 14.0 Å². The Morgan fingerprint density at radius 3 is 2.75 bits per heavy atom. The van der Waals surface area contributed by atoms with E-state index in [1.54, 1.807) is 0 Å². The molecular weight excluding hydrogens is 152 g/mol. The third-order valence-corrected chi connectivity index (χ3v) is 1.52. The standard InChI is InChI=1S/C8H20N4/c1-8(3-4-9)12-7-11-6-5-10-2/h10-11H,3-7,9H2,1-2H3. The summed E-state index contributed by atoms with van der Waals surface area (Å²) >= 11 is 0. The van der Waals surface area contributed by atoms with Crippen molar-refractivity contribution in [2.45, 2.75) is 13.3 Å². The van der Waals surface area contributed by atoms with Crippen molar-refractivity contribution >= 4 is 5.71 Å². The molecular formula is C8H20N4. The summed E-state index contributed by atoms with van der Waals surface area (Å²) in [5, 5.41) is 6.23. The number of nitrogens with two attached hydrogens (primary N) is 1. The predicted molar refractivity (Wildman–Crippen MR) is 53.6 cm³/mol. The first-order chi connectivity index (χ1) is 5.81. The first kappa shape index (κ1) is 11.6. The molecule has 0 aliphatic heterocycles. The highest BCUT2D eigenvalue weighted by Crippen LogP contribution is 1.81. The molecule has 0 aromatic carbocycles. The molecule has 72 valence electrons. The molecule has 0 unspecified atom stereocenters. The van der Waals surface area contributed by atoms with Crippen LogP contribution in [0.2, 0.25) is 0 Å². The fourth-order valence-electron chi connectivity index (χ4n) is 0.771. The third-order valence-electron chi connectivity index (χ3n) is 1.52. The lowest BCUT2D eigenvalue weighted by Crippen LogP contribution is -2.25. The van der Waals surface area contributed by atoms with Crippen molar-refractivity contribution in [1.82, 2.24) is 10.6 Å². The SMILES string of the molecule is CNCCNCN=C(C)CCN. The highest BCUT2D eigenvalue weighted by atomic mass is 15.0. The van der Waals surface area contributed by atoms with Gasteiger partial charge in [-0.15, -0.1) is 0 Å². The molecule has 0 aromatic heterocycles. The van der Waals surface area contributed by atoms with Gasteiger partial charge in [-0.25, -0.2) is 0 Å². The van der Waals surface area contributed by atoms with E-state index < -0.39 is 0 Å². The van der Waals surface area contributed by atoms with Crippen molar-refractivity contribution in [3.05, 3.63) is 0 Å². The molecule has 0 saturated heterocycles. The van der Waals surface area contributed by atoms with E-state index >= 15 is 0 Å². The summed E-state index contributed by atoms with van der Waals surface area (Å²) in [5.74, 6) is 0. The zero-order chi connectivity index (χ0) is 9.23. The van der Waals surface area contributed by atoms with Crippen molar-refractivity contribution in [2.24, 2.45) is 10.7 Å². The van der Waals surface area contributed by atoms with Gasteiger partial charge in [-0.3, -0.25) is 10.3 Å². The van der Waals surface area contributed by atoms with Crippen LogP contribution in [0.15, 0.2) is 4.99 Å². The van der Waals surface area contributed by atoms with Gasteiger partial charge in [0.25, 0.3) is 0 Å². The highest BCUT2D eigenvalue weighted by molar-refractivity contribution is 5.81. The van der Waals surface area contributed by atoms with Crippen LogP contribution in [0.3, 0.4) is 0 Å². The summed E-state index contributed by atoms with van der Waals surface area (Å²) in [6.45, 7) is 5.33. The number of likely N-dealkylation sites (N-methyl/N-ethyl adjacent to an activating group) is 1. The van der Waals surface area contributed by atoms with E-state index in [1.165, 1.54) is 0 Å². The van der Waals surface area contributed by atoms with Crippen LogP contribution < -0.4 is 16.4 Å². The van der Waals surface area contributed by atoms with Gasteiger partial charge < -0.3 is 11.1 Å². The molecule has 0 fully saturated rings. The van der Waals surface area contributed by atoms with E-state index in [4.69, 9.17) is 5.73 Å². The van der Waals surface area contributed by atoms with Gasteiger partial charge in [0.05, 0.1) is 6.67 Å². The van der Waals surface area contributed by atoms with Gasteiger partial charge in [0.15, 0.2) is 0 Å². The second-order valence-electron chi connectivity index (χ2n) is 2.69. The normalized spacial score (nSPS) is 12.1. The van der Waals surface area contributed by atoms with Crippen molar-refractivity contribution < 1.29 is 0 Å². The Labute approximate surface area is 74.6 Å². The maximum atomic E-state index is 5.37. The molecule has 0 radical (unpaired) electrons. The second kappa shape index (κ2) is 8.64. The molecule has 4 N–H and O–H groups in total. The van der Waals surface area contributed by atoms with E-state index in [0.29, 0.717) is 13.2 Å². The largest absolute Gasteiger partial charge is 0.330 e. The number of nitrogens with one attached hydrogen (secondary N) is 2. The van der Waals surface area contributed by atoms with Gasteiger partial charge in [-0.05, 0) is 26.9 Å². The zero-order valence-electron chi connectivity index (χ0n) is 8.06. The van der Waals surface area contributed by atoms with E-state index in [0.717, 1.165) is 25.2 Å². The Kier molecular flexibility index (Phi) is 8.32. The first-order valence-corrected chi connectivity index (χ1v) is 4.36. The summed E-state index contributed by atoms with van der Waals surface area (Å²) in [6, 6.07) is 0. The van der Waals surface area contributed by atoms with Crippen molar-refractivity contribution in [3.63, 3.8) is 0 Å². The van der Waals surface area contributed by atoms with Crippen LogP contribution in [0.1, 0.15) is 13.3 Å². The molecule has 4 heteroatoms. The lowest BCUT2D eigenvalue weighted by atomic mass is 10.3. The smallest absolute Gasteiger partial charge is 0.0884 e. The molecule has 0 aliphatic carbocycles. The Hall–Kier alpha value is -0.450. The maximum absolute atomic E-state index is 5.37. The van der Waals surface area contributed by atoms with E-state index in [9.17, 15) is 0 Å². The van der Waals surface area contributed by atoms with Crippen LogP contribution in [0, 0.1) is 0 Å². The summed E-state index contributed by atoms with van der Waals surface area (Å²) in [5.41, 5.74) is 6.49. The van der Waals surface area contributed by atoms with Gasteiger partial charge in [-0.1, -0.05) is 0 Å². The van der Waals surface area contributed by atoms with Crippen LogP contribution in [0.5, 0.6) is 0 Å². The molecule has 0 aliphatic rings. The summed E-state index contributed by atoms with van der Waals surface area (Å²) in [7, 11) is 1.94. The summed E-state index contributed by atoms with van der Waals surface area (Å²) in [6.07, 6.45) is 0.897. The van der Waals surface area contributed by atoms with Crippen molar-refractivity contribution in [3.8, 4) is 0 Å². The molecule has 0 bridgehead atoms. The minimum absolute atomic E-state index is 0.686. The quantitative estimate of drug-likeness (QED) is 0.360. The second-order valence-corrected chi connectivity index (χ2v) is 2.69. The predicted octanol–water partition coefficient (Wildman–Crippen LogP) is -0.437. The van der Waals surface area contributed by atoms with Crippen molar-refractivity contribution in [2.75, 3.05) is 33.4 Å². The third kappa shape index (κ3) is 7.65. The van der Waals surface area contributed by atoms with Gasteiger partial charge in [0.2, 0.25) is 0 Å². The molecule has 0 atom stereocenters. The number of aliphatic imine (C=N–C) groups is 1. The fourth-order valence-corrected chi connectivity index (χ4v) is 0.771.